The molecule has 94 valence electrons. The van der Waals surface area contributed by atoms with Crippen LogP contribution in [0.3, 0.4) is 0 Å². The molecular weight excluding hydrogens is 221 g/mol. The van der Waals surface area contributed by atoms with Crippen LogP contribution >= 0.6 is 0 Å². The fourth-order valence-electron chi connectivity index (χ4n) is 1.49. The van der Waals surface area contributed by atoms with Crippen molar-refractivity contribution in [1.29, 1.82) is 0 Å². The van der Waals surface area contributed by atoms with Crippen LogP contribution in [-0.4, -0.2) is 42.0 Å². The smallest absolute Gasteiger partial charge is 0.270 e. The monoisotopic (exact) mass is 239 g/mol. The van der Waals surface area contributed by atoms with Gasteiger partial charge in [0.05, 0.1) is 0 Å². The van der Waals surface area contributed by atoms with Crippen molar-refractivity contribution >= 4 is 5.91 Å². The van der Waals surface area contributed by atoms with Gasteiger partial charge in [-0.3, -0.25) is 4.79 Å². The molecule has 0 radical (unpaired) electrons. The largest absolute Gasteiger partial charge is 0.349 e. The number of nitrogens with zero attached hydrogens (tertiary/aromatic N) is 2. The van der Waals surface area contributed by atoms with Gasteiger partial charge in [-0.15, -0.1) is 0 Å². The van der Waals surface area contributed by atoms with E-state index >= 15 is 0 Å². The van der Waals surface area contributed by atoms with E-state index in [1.54, 1.807) is 0 Å². The summed E-state index contributed by atoms with van der Waals surface area (Å²) in [4.78, 5) is 17.3. The maximum Gasteiger partial charge on any atom is 0.270 e. The van der Waals surface area contributed by atoms with E-state index in [1.807, 2.05) is 0 Å². The van der Waals surface area contributed by atoms with Crippen LogP contribution in [0.2, 0.25) is 0 Å². The molecule has 1 N–H and O–H groups in total. The lowest BCUT2D eigenvalue weighted by atomic mass is 10.3. The standard InChI is InChI=1S/C12H18FN3O/c1-3-16(4-2)9-8-14-12(17)10-6-5-7-11(13)15-10/h5-7H,3-4,8-9H2,1-2H3,(H,14,17). The van der Waals surface area contributed by atoms with E-state index in [9.17, 15) is 9.18 Å². The number of amides is 1. The summed E-state index contributed by atoms with van der Waals surface area (Å²) < 4.78 is 12.8. The molecule has 0 aliphatic rings. The number of halogens is 1. The Hall–Kier alpha value is -1.49. The second-order valence-electron chi connectivity index (χ2n) is 3.63. The van der Waals surface area contributed by atoms with Crippen molar-refractivity contribution in [3.63, 3.8) is 0 Å². The Morgan fingerprint density at radius 2 is 2.12 bits per heavy atom. The molecular formula is C12H18FN3O. The number of nitrogens with one attached hydrogen (secondary N) is 1. The highest BCUT2D eigenvalue weighted by Crippen LogP contribution is 1.97. The van der Waals surface area contributed by atoms with Crippen molar-refractivity contribution in [2.75, 3.05) is 26.2 Å². The molecule has 1 aromatic heterocycles. The quantitative estimate of drug-likeness (QED) is 0.761. The van der Waals surface area contributed by atoms with Crippen LogP contribution in [0.15, 0.2) is 18.2 Å². The third kappa shape index (κ3) is 4.48. The molecule has 5 heteroatoms. The van der Waals surface area contributed by atoms with Gasteiger partial charge >= 0.3 is 0 Å². The average molecular weight is 239 g/mol. The van der Waals surface area contributed by atoms with E-state index in [2.05, 4.69) is 29.0 Å². The van der Waals surface area contributed by atoms with Gasteiger partial charge in [-0.05, 0) is 25.2 Å². The zero-order valence-corrected chi connectivity index (χ0v) is 10.2. The fraction of sp³-hybridized carbons (Fsp3) is 0.500. The number of hydrogen-bond donors (Lipinski definition) is 1. The first-order valence-corrected chi connectivity index (χ1v) is 5.80. The SMILES string of the molecule is CCN(CC)CCNC(=O)c1cccc(F)n1. The van der Waals surface area contributed by atoms with Crippen molar-refractivity contribution in [2.24, 2.45) is 0 Å². The zero-order chi connectivity index (χ0) is 12.7. The number of rotatable bonds is 6. The second kappa shape index (κ2) is 6.96. The molecule has 4 nitrogen and oxygen atoms in total. The second-order valence-corrected chi connectivity index (χ2v) is 3.63. The highest BCUT2D eigenvalue weighted by atomic mass is 19.1. The molecule has 0 aromatic carbocycles. The first-order chi connectivity index (χ1) is 8.17. The van der Waals surface area contributed by atoms with Gasteiger partial charge in [0.1, 0.15) is 5.69 Å². The molecule has 1 aromatic rings. The maximum atomic E-state index is 12.8. The van der Waals surface area contributed by atoms with Gasteiger partial charge in [-0.1, -0.05) is 19.9 Å². The highest BCUT2D eigenvalue weighted by Gasteiger charge is 2.07. The summed E-state index contributed by atoms with van der Waals surface area (Å²) in [6.07, 6.45) is 0. The van der Waals surface area contributed by atoms with Crippen molar-refractivity contribution in [2.45, 2.75) is 13.8 Å². The molecule has 17 heavy (non-hydrogen) atoms. The Morgan fingerprint density at radius 3 is 2.71 bits per heavy atom. The van der Waals surface area contributed by atoms with Crippen molar-refractivity contribution in [3.05, 3.63) is 29.8 Å². The van der Waals surface area contributed by atoms with Crippen LogP contribution in [0.25, 0.3) is 0 Å². The van der Waals surface area contributed by atoms with Gasteiger partial charge in [0, 0.05) is 13.1 Å². The lowest BCUT2D eigenvalue weighted by Crippen LogP contribution is -2.35. The Bertz CT molecular complexity index is 367. The molecule has 0 bridgehead atoms. The van der Waals surface area contributed by atoms with E-state index in [0.717, 1.165) is 19.6 Å². The Balaban J connectivity index is 2.40. The van der Waals surface area contributed by atoms with Gasteiger partial charge in [0.2, 0.25) is 5.95 Å². The normalized spacial score (nSPS) is 10.6. The first-order valence-electron chi connectivity index (χ1n) is 5.80. The lowest BCUT2D eigenvalue weighted by Gasteiger charge is -2.17. The minimum absolute atomic E-state index is 0.115. The predicted molar refractivity (Wildman–Crippen MR) is 64.3 cm³/mol. The van der Waals surface area contributed by atoms with Crippen LogP contribution < -0.4 is 5.32 Å². The van der Waals surface area contributed by atoms with Crippen LogP contribution in [-0.2, 0) is 0 Å². The van der Waals surface area contributed by atoms with Crippen LogP contribution in [0.4, 0.5) is 4.39 Å². The van der Waals surface area contributed by atoms with E-state index in [-0.39, 0.29) is 11.6 Å². The molecule has 0 spiro atoms. The number of hydrogen-bond acceptors (Lipinski definition) is 3. The minimum Gasteiger partial charge on any atom is -0.349 e. The molecule has 0 saturated heterocycles. The summed E-state index contributed by atoms with van der Waals surface area (Å²) in [6, 6.07) is 4.18. The molecule has 1 amide bonds. The first kappa shape index (κ1) is 13.6. The molecule has 1 heterocycles. The van der Waals surface area contributed by atoms with Crippen LogP contribution in [0.1, 0.15) is 24.3 Å². The van der Waals surface area contributed by atoms with E-state index in [4.69, 9.17) is 0 Å². The van der Waals surface area contributed by atoms with E-state index in [1.165, 1.54) is 18.2 Å². The van der Waals surface area contributed by atoms with Crippen molar-refractivity contribution in [1.82, 2.24) is 15.2 Å². The van der Waals surface area contributed by atoms with Gasteiger partial charge < -0.3 is 10.2 Å². The van der Waals surface area contributed by atoms with Crippen LogP contribution in [0.5, 0.6) is 0 Å². The molecule has 1 rings (SSSR count). The fourth-order valence-corrected chi connectivity index (χ4v) is 1.49. The summed E-state index contributed by atoms with van der Waals surface area (Å²) >= 11 is 0. The number of likely N-dealkylation sites (N-methyl/N-ethyl adjacent to an activating group) is 1. The van der Waals surface area contributed by atoms with Crippen LogP contribution in [0, 0.1) is 5.95 Å². The molecule has 0 aliphatic carbocycles. The molecule has 0 aliphatic heterocycles. The van der Waals surface area contributed by atoms with E-state index in [0.29, 0.717) is 6.54 Å². The van der Waals surface area contributed by atoms with Gasteiger partial charge in [-0.25, -0.2) is 4.98 Å². The lowest BCUT2D eigenvalue weighted by molar-refractivity contribution is 0.0943. The van der Waals surface area contributed by atoms with Gasteiger partial charge in [0.15, 0.2) is 0 Å². The summed E-state index contributed by atoms with van der Waals surface area (Å²) in [7, 11) is 0. The third-order valence-corrected chi connectivity index (χ3v) is 2.56. The summed E-state index contributed by atoms with van der Waals surface area (Å²) in [5.74, 6) is -0.974. The number of carbonyl (C=O) groups excluding carboxylic acids is 1. The molecule has 0 unspecified atom stereocenters. The summed E-state index contributed by atoms with van der Waals surface area (Å²) in [5, 5.41) is 2.72. The van der Waals surface area contributed by atoms with Gasteiger partial charge in [-0.2, -0.15) is 4.39 Å². The highest BCUT2D eigenvalue weighted by molar-refractivity contribution is 5.92. The molecule has 0 atom stereocenters. The molecule has 0 saturated carbocycles. The van der Waals surface area contributed by atoms with Crippen molar-refractivity contribution < 1.29 is 9.18 Å². The predicted octanol–water partition coefficient (Wildman–Crippen LogP) is 1.29. The minimum atomic E-state index is -0.638. The maximum absolute atomic E-state index is 12.8. The summed E-state index contributed by atoms with van der Waals surface area (Å²) in [5.41, 5.74) is 0.115. The number of pyridine rings is 1. The topological polar surface area (TPSA) is 45.2 Å². The molecule has 0 fully saturated rings. The Kier molecular flexibility index (Phi) is 5.56. The Labute approximate surface area is 101 Å². The summed E-state index contributed by atoms with van der Waals surface area (Å²) in [6.45, 7) is 7.36. The Morgan fingerprint density at radius 1 is 1.41 bits per heavy atom. The number of aromatic nitrogens is 1. The van der Waals surface area contributed by atoms with Gasteiger partial charge in [0.25, 0.3) is 5.91 Å². The van der Waals surface area contributed by atoms with Crippen molar-refractivity contribution in [3.8, 4) is 0 Å². The zero-order valence-electron chi connectivity index (χ0n) is 10.2. The average Bonchev–Trinajstić information content (AvgIpc) is 2.34. The third-order valence-electron chi connectivity index (χ3n) is 2.56. The number of carbonyl (C=O) groups is 1. The van der Waals surface area contributed by atoms with E-state index < -0.39 is 5.95 Å².